The number of likely N-dealkylation sites (N-methyl/N-ethyl adjacent to an activating group) is 1. The van der Waals surface area contributed by atoms with Gasteiger partial charge in [-0.05, 0) is 36.1 Å². The van der Waals surface area contributed by atoms with Crippen molar-refractivity contribution in [3.63, 3.8) is 0 Å². The Balaban J connectivity index is 1.34. The third-order valence-corrected chi connectivity index (χ3v) is 9.24. The molecule has 0 unspecified atom stereocenters. The summed E-state index contributed by atoms with van der Waals surface area (Å²) >= 11 is 1.24. The van der Waals surface area contributed by atoms with Gasteiger partial charge in [-0.1, -0.05) is 11.3 Å². The van der Waals surface area contributed by atoms with Crippen molar-refractivity contribution < 1.29 is 42.2 Å². The maximum Gasteiger partial charge on any atom is 0.235 e. The number of methoxy groups -OCH3 is 1. The molecule has 41 heavy (non-hydrogen) atoms. The SMILES string of the molecule is COc1cc2sc(N(C)C(=O)C3(CC(=O)[O-])Cc4cc(F)c(F)cc4C3)nc2cc1OCCC[N+]1(C)CCOCC1. The fourth-order valence-corrected chi connectivity index (χ4v) is 6.73. The number of nitrogens with zero attached hydrogens (tertiary/aromatic N) is 3. The third kappa shape index (κ3) is 6.00. The Hall–Kier alpha value is -3.35. The lowest BCUT2D eigenvalue weighted by Crippen LogP contribution is -2.52. The number of fused-ring (bicyclic) bond motifs is 2. The van der Waals surface area contributed by atoms with E-state index in [9.17, 15) is 23.5 Å². The van der Waals surface area contributed by atoms with Crippen molar-refractivity contribution in [1.82, 2.24) is 4.98 Å². The average molecular weight is 590 g/mol. The zero-order valence-corrected chi connectivity index (χ0v) is 24.2. The van der Waals surface area contributed by atoms with E-state index in [0.29, 0.717) is 39.9 Å². The first-order chi connectivity index (χ1) is 19.5. The van der Waals surface area contributed by atoms with Gasteiger partial charge in [-0.3, -0.25) is 9.69 Å². The largest absolute Gasteiger partial charge is 0.550 e. The number of quaternary nitrogens is 1. The van der Waals surface area contributed by atoms with E-state index in [4.69, 9.17) is 14.2 Å². The van der Waals surface area contributed by atoms with Crippen LogP contribution in [0.15, 0.2) is 24.3 Å². The van der Waals surface area contributed by atoms with Crippen LogP contribution in [0, 0.1) is 17.0 Å². The van der Waals surface area contributed by atoms with Crippen LogP contribution in [0.2, 0.25) is 0 Å². The number of hydrogen-bond acceptors (Lipinski definition) is 8. The van der Waals surface area contributed by atoms with Crippen LogP contribution >= 0.6 is 11.3 Å². The Morgan fingerprint density at radius 3 is 2.39 bits per heavy atom. The summed E-state index contributed by atoms with van der Waals surface area (Å²) in [6.07, 6.45) is 0.180. The fraction of sp³-hybridized carbons (Fsp3) is 0.483. The first kappa shape index (κ1) is 29.2. The zero-order chi connectivity index (χ0) is 29.4. The first-order valence-electron chi connectivity index (χ1n) is 13.5. The number of thiazole rings is 1. The Bertz CT molecular complexity index is 1440. The molecular weight excluding hydrogens is 556 g/mol. The van der Waals surface area contributed by atoms with E-state index in [1.54, 1.807) is 19.2 Å². The molecule has 0 radical (unpaired) electrons. The number of carbonyl (C=O) groups is 2. The molecule has 1 aliphatic carbocycles. The van der Waals surface area contributed by atoms with Gasteiger partial charge in [0.15, 0.2) is 28.3 Å². The summed E-state index contributed by atoms with van der Waals surface area (Å²) in [5.41, 5.74) is -0.0281. The molecule has 2 heterocycles. The van der Waals surface area contributed by atoms with Gasteiger partial charge in [-0.25, -0.2) is 13.8 Å². The Labute approximate surface area is 240 Å². The highest BCUT2D eigenvalue weighted by Crippen LogP contribution is 2.44. The molecule has 12 heteroatoms. The summed E-state index contributed by atoms with van der Waals surface area (Å²) in [4.78, 5) is 31.4. The van der Waals surface area contributed by atoms with E-state index in [-0.39, 0.29) is 12.8 Å². The van der Waals surface area contributed by atoms with Gasteiger partial charge in [0.25, 0.3) is 0 Å². The van der Waals surface area contributed by atoms with E-state index in [2.05, 4.69) is 12.0 Å². The molecule has 0 bridgehead atoms. The number of carbonyl (C=O) groups excluding carboxylic acids is 2. The van der Waals surface area contributed by atoms with Crippen molar-refractivity contribution in [2.24, 2.45) is 5.41 Å². The minimum Gasteiger partial charge on any atom is -0.550 e. The number of carboxylic acid groups (broad SMARTS) is 1. The standard InChI is InChI=1S/C29H33F2N3O6S/c1-33(27(37)29(17-26(35)36)15-18-11-20(30)21(31)12-19(18)16-29)28-32-22-13-24(23(38-3)14-25(22)41-28)40-8-4-5-34(2)6-9-39-10-7-34/h11-14H,4-10,15-17H2,1-3H3. The molecule has 0 atom stereocenters. The van der Waals surface area contributed by atoms with Crippen LogP contribution < -0.4 is 19.5 Å². The third-order valence-electron chi connectivity index (χ3n) is 8.14. The smallest absolute Gasteiger partial charge is 0.235 e. The molecule has 9 nitrogen and oxygen atoms in total. The summed E-state index contributed by atoms with van der Waals surface area (Å²) in [6.45, 7) is 4.96. The molecule has 0 saturated carbocycles. The lowest BCUT2D eigenvalue weighted by atomic mass is 9.80. The average Bonchev–Trinajstić information content (AvgIpc) is 3.51. The molecule has 2 aliphatic rings. The van der Waals surface area contributed by atoms with Crippen LogP contribution in [0.5, 0.6) is 11.5 Å². The van der Waals surface area contributed by atoms with Crippen molar-refractivity contribution in [1.29, 1.82) is 0 Å². The predicted molar refractivity (Wildman–Crippen MR) is 147 cm³/mol. The second-order valence-electron chi connectivity index (χ2n) is 11.2. The molecule has 2 aromatic carbocycles. The number of amides is 1. The van der Waals surface area contributed by atoms with Gasteiger partial charge in [-0.2, -0.15) is 0 Å². The van der Waals surface area contributed by atoms with E-state index >= 15 is 0 Å². The van der Waals surface area contributed by atoms with Crippen LogP contribution in [0.3, 0.4) is 0 Å². The highest BCUT2D eigenvalue weighted by Gasteiger charge is 2.46. The van der Waals surface area contributed by atoms with Crippen LogP contribution in [0.1, 0.15) is 24.0 Å². The molecule has 5 rings (SSSR count). The molecule has 220 valence electrons. The number of halogens is 2. The summed E-state index contributed by atoms with van der Waals surface area (Å²) < 4.78 is 46.6. The van der Waals surface area contributed by atoms with Gasteiger partial charge < -0.3 is 28.6 Å². The van der Waals surface area contributed by atoms with Gasteiger partial charge in [0.05, 0.1) is 56.2 Å². The predicted octanol–water partition coefficient (Wildman–Crippen LogP) is 2.72. The number of carboxylic acids is 1. The Morgan fingerprint density at radius 1 is 1.12 bits per heavy atom. The number of aliphatic carboxylic acids is 1. The van der Waals surface area contributed by atoms with Gasteiger partial charge >= 0.3 is 0 Å². The van der Waals surface area contributed by atoms with Gasteiger partial charge in [0, 0.05) is 38.0 Å². The van der Waals surface area contributed by atoms with E-state index < -0.39 is 35.3 Å². The highest BCUT2D eigenvalue weighted by molar-refractivity contribution is 7.22. The monoisotopic (exact) mass is 589 g/mol. The number of rotatable bonds is 10. The van der Waals surface area contributed by atoms with E-state index in [1.165, 1.54) is 23.3 Å². The number of morpholine rings is 1. The summed E-state index contributed by atoms with van der Waals surface area (Å²) in [6, 6.07) is 5.63. The van der Waals surface area contributed by atoms with Crippen LogP contribution in [0.4, 0.5) is 13.9 Å². The van der Waals surface area contributed by atoms with Gasteiger partial charge in [0.2, 0.25) is 5.91 Å². The Morgan fingerprint density at radius 2 is 1.78 bits per heavy atom. The maximum atomic E-state index is 13.9. The van der Waals surface area contributed by atoms with Crippen molar-refractivity contribution >= 4 is 38.6 Å². The quantitative estimate of drug-likeness (QED) is 0.265. The zero-order valence-electron chi connectivity index (χ0n) is 23.3. The summed E-state index contributed by atoms with van der Waals surface area (Å²) in [5.74, 6) is -2.93. The molecule has 0 N–H and O–H groups in total. The van der Waals surface area contributed by atoms with Crippen molar-refractivity contribution in [2.45, 2.75) is 25.7 Å². The fourth-order valence-electron chi connectivity index (χ4n) is 5.80. The van der Waals surface area contributed by atoms with E-state index in [1.807, 2.05) is 0 Å². The molecule has 1 aliphatic heterocycles. The minimum atomic E-state index is -1.44. The molecular formula is C29H33F2N3O6S. The first-order valence-corrected chi connectivity index (χ1v) is 14.3. The van der Waals surface area contributed by atoms with Crippen molar-refractivity contribution in [3.05, 3.63) is 47.0 Å². The maximum absolute atomic E-state index is 13.9. The molecule has 1 aromatic heterocycles. The summed E-state index contributed by atoms with van der Waals surface area (Å²) in [7, 11) is 5.30. The molecule has 1 amide bonds. The second kappa shape index (κ2) is 11.5. The number of anilines is 1. The molecule has 3 aromatic rings. The van der Waals surface area contributed by atoms with Crippen LogP contribution in [0.25, 0.3) is 10.2 Å². The lowest BCUT2D eigenvalue weighted by Gasteiger charge is -2.37. The lowest BCUT2D eigenvalue weighted by molar-refractivity contribution is -0.917. The molecule has 1 fully saturated rings. The molecule has 1 saturated heterocycles. The Kier molecular flexibility index (Phi) is 8.18. The topological polar surface area (TPSA) is 101 Å². The minimum absolute atomic E-state index is 0.0435. The number of benzene rings is 2. The van der Waals surface area contributed by atoms with Crippen LogP contribution in [-0.4, -0.2) is 82.0 Å². The number of aromatic nitrogens is 1. The van der Waals surface area contributed by atoms with Crippen molar-refractivity contribution in [3.8, 4) is 11.5 Å². The highest BCUT2D eigenvalue weighted by atomic mass is 32.1. The van der Waals surface area contributed by atoms with Crippen LogP contribution in [-0.2, 0) is 27.2 Å². The van der Waals surface area contributed by atoms with Gasteiger partial charge in [0.1, 0.15) is 13.1 Å². The normalized spacial score (nSPS) is 17.3. The molecule has 0 spiro atoms. The van der Waals surface area contributed by atoms with Crippen molar-refractivity contribution in [2.75, 3.05) is 65.6 Å². The van der Waals surface area contributed by atoms with E-state index in [0.717, 1.165) is 60.6 Å². The second-order valence-corrected chi connectivity index (χ2v) is 12.2. The van der Waals surface area contributed by atoms with Gasteiger partial charge in [-0.15, -0.1) is 0 Å². The number of ether oxygens (including phenoxy) is 3. The number of hydrogen-bond donors (Lipinski definition) is 0. The summed E-state index contributed by atoms with van der Waals surface area (Å²) in [5, 5.41) is 12.0.